The fourth-order valence-corrected chi connectivity index (χ4v) is 0.817. The van der Waals surface area contributed by atoms with E-state index in [-0.39, 0.29) is 6.10 Å². The van der Waals surface area contributed by atoms with Crippen molar-refractivity contribution < 1.29 is 9.52 Å². The lowest BCUT2D eigenvalue weighted by Gasteiger charge is -2.03. The van der Waals surface area contributed by atoms with Crippen LogP contribution < -0.4 is 5.32 Å². The lowest BCUT2D eigenvalue weighted by molar-refractivity contribution is 0.190. The van der Waals surface area contributed by atoms with E-state index in [1.165, 1.54) is 0 Å². The summed E-state index contributed by atoms with van der Waals surface area (Å²) in [5.74, 6) is 0.894. The van der Waals surface area contributed by atoms with Crippen LogP contribution in [0.1, 0.15) is 12.7 Å². The number of aliphatic hydroxyl groups is 1. The molecule has 0 spiro atoms. The molecule has 3 nitrogen and oxygen atoms in total. The molecule has 1 heterocycles. The summed E-state index contributed by atoms with van der Waals surface area (Å²) in [4.78, 5) is 0. The molecule has 1 atom stereocenters. The van der Waals surface area contributed by atoms with Gasteiger partial charge in [-0.15, -0.1) is 0 Å². The van der Waals surface area contributed by atoms with Crippen LogP contribution >= 0.6 is 0 Å². The summed E-state index contributed by atoms with van der Waals surface area (Å²) in [5, 5.41) is 11.9. The van der Waals surface area contributed by atoms with Crippen molar-refractivity contribution in [2.45, 2.75) is 19.6 Å². The maximum Gasteiger partial charge on any atom is 0.117 e. The van der Waals surface area contributed by atoms with Gasteiger partial charge in [0.1, 0.15) is 5.76 Å². The molecule has 1 rings (SSSR count). The topological polar surface area (TPSA) is 45.4 Å². The van der Waals surface area contributed by atoms with E-state index in [2.05, 4.69) is 5.32 Å². The Hall–Kier alpha value is -0.800. The number of nitrogens with one attached hydrogen (secondary N) is 1. The second-order valence-electron chi connectivity index (χ2n) is 2.56. The van der Waals surface area contributed by atoms with Crippen molar-refractivity contribution in [3.63, 3.8) is 0 Å². The van der Waals surface area contributed by atoms with Crippen LogP contribution in [0.25, 0.3) is 0 Å². The zero-order valence-corrected chi connectivity index (χ0v) is 6.58. The smallest absolute Gasteiger partial charge is 0.117 e. The van der Waals surface area contributed by atoms with Crippen LogP contribution in [0.2, 0.25) is 0 Å². The van der Waals surface area contributed by atoms with Crippen LogP contribution in [0.5, 0.6) is 0 Å². The molecule has 0 amide bonds. The molecule has 62 valence electrons. The van der Waals surface area contributed by atoms with Crippen molar-refractivity contribution in [3.05, 3.63) is 24.2 Å². The van der Waals surface area contributed by atoms with Gasteiger partial charge in [-0.2, -0.15) is 0 Å². The highest BCUT2D eigenvalue weighted by Gasteiger charge is 1.96. The van der Waals surface area contributed by atoms with E-state index >= 15 is 0 Å². The number of hydrogen-bond donors (Lipinski definition) is 2. The summed E-state index contributed by atoms with van der Waals surface area (Å²) in [6, 6.07) is 3.74. The highest BCUT2D eigenvalue weighted by atomic mass is 16.3. The third kappa shape index (κ3) is 3.20. The molecule has 0 aliphatic carbocycles. The van der Waals surface area contributed by atoms with Gasteiger partial charge >= 0.3 is 0 Å². The first-order valence-corrected chi connectivity index (χ1v) is 3.70. The Balaban J connectivity index is 2.14. The van der Waals surface area contributed by atoms with E-state index in [0.717, 1.165) is 5.76 Å². The summed E-state index contributed by atoms with van der Waals surface area (Å²) in [6.07, 6.45) is 1.34. The summed E-state index contributed by atoms with van der Waals surface area (Å²) >= 11 is 0. The predicted molar refractivity (Wildman–Crippen MR) is 42.1 cm³/mol. The van der Waals surface area contributed by atoms with Crippen molar-refractivity contribution in [1.29, 1.82) is 0 Å². The van der Waals surface area contributed by atoms with Gasteiger partial charge in [0.25, 0.3) is 0 Å². The van der Waals surface area contributed by atoms with E-state index in [1.807, 2.05) is 12.1 Å². The number of hydrogen-bond acceptors (Lipinski definition) is 3. The minimum atomic E-state index is -0.301. The normalized spacial score (nSPS) is 13.3. The first-order valence-electron chi connectivity index (χ1n) is 3.70. The van der Waals surface area contributed by atoms with Crippen molar-refractivity contribution in [1.82, 2.24) is 5.32 Å². The minimum Gasteiger partial charge on any atom is -0.468 e. The van der Waals surface area contributed by atoms with Crippen LogP contribution in [0.15, 0.2) is 22.8 Å². The third-order valence-electron chi connectivity index (χ3n) is 1.32. The van der Waals surface area contributed by atoms with Crippen LogP contribution in [-0.2, 0) is 6.54 Å². The second kappa shape index (κ2) is 4.16. The largest absolute Gasteiger partial charge is 0.468 e. The van der Waals surface area contributed by atoms with Gasteiger partial charge in [-0.05, 0) is 19.1 Å². The van der Waals surface area contributed by atoms with Crippen LogP contribution in [-0.4, -0.2) is 17.8 Å². The van der Waals surface area contributed by atoms with Gasteiger partial charge in [-0.3, -0.25) is 0 Å². The molecule has 2 N–H and O–H groups in total. The maximum atomic E-state index is 8.89. The Morgan fingerprint density at radius 1 is 1.73 bits per heavy atom. The molecule has 1 aromatic rings. The molecule has 0 bridgehead atoms. The number of furan rings is 1. The van der Waals surface area contributed by atoms with Gasteiger partial charge in [0.15, 0.2) is 0 Å². The molecule has 0 aromatic carbocycles. The van der Waals surface area contributed by atoms with Gasteiger partial charge < -0.3 is 14.8 Å². The zero-order valence-electron chi connectivity index (χ0n) is 6.58. The summed E-state index contributed by atoms with van der Waals surface area (Å²) < 4.78 is 5.07. The molecule has 11 heavy (non-hydrogen) atoms. The molecule has 0 unspecified atom stereocenters. The van der Waals surface area contributed by atoms with Crippen molar-refractivity contribution in [3.8, 4) is 0 Å². The molecule has 0 aliphatic rings. The van der Waals surface area contributed by atoms with Gasteiger partial charge in [0.2, 0.25) is 0 Å². The van der Waals surface area contributed by atoms with Crippen LogP contribution in [0, 0.1) is 0 Å². The molecule has 1 aromatic heterocycles. The average Bonchev–Trinajstić information content (AvgIpc) is 2.39. The Kier molecular flexibility index (Phi) is 3.14. The average molecular weight is 155 g/mol. The van der Waals surface area contributed by atoms with Crippen molar-refractivity contribution in [2.24, 2.45) is 0 Å². The van der Waals surface area contributed by atoms with Gasteiger partial charge in [-0.1, -0.05) is 0 Å². The predicted octanol–water partition coefficient (Wildman–Crippen LogP) is 0.750. The Morgan fingerprint density at radius 3 is 3.09 bits per heavy atom. The van der Waals surface area contributed by atoms with E-state index in [1.54, 1.807) is 13.2 Å². The third-order valence-corrected chi connectivity index (χ3v) is 1.32. The SMILES string of the molecule is C[C@@H](O)CNCc1ccco1. The second-order valence-corrected chi connectivity index (χ2v) is 2.56. The highest BCUT2D eigenvalue weighted by molar-refractivity contribution is 4.97. The Labute approximate surface area is 66.0 Å². The monoisotopic (exact) mass is 155 g/mol. The van der Waals surface area contributed by atoms with E-state index in [9.17, 15) is 0 Å². The molecule has 0 fully saturated rings. The standard InChI is InChI=1S/C8H13NO2/c1-7(10)5-9-6-8-3-2-4-11-8/h2-4,7,9-10H,5-6H2,1H3/t7-/m1/s1. The summed E-state index contributed by atoms with van der Waals surface area (Å²) in [6.45, 7) is 3.02. The highest BCUT2D eigenvalue weighted by Crippen LogP contribution is 1.97. The van der Waals surface area contributed by atoms with E-state index in [0.29, 0.717) is 13.1 Å². The number of rotatable bonds is 4. The molecule has 3 heteroatoms. The molecule has 0 aliphatic heterocycles. The van der Waals surface area contributed by atoms with Crippen molar-refractivity contribution >= 4 is 0 Å². The Bertz CT molecular complexity index is 182. The van der Waals surface area contributed by atoms with Gasteiger partial charge in [0.05, 0.1) is 18.9 Å². The first kappa shape index (κ1) is 8.30. The fraction of sp³-hybridized carbons (Fsp3) is 0.500. The van der Waals surface area contributed by atoms with Gasteiger partial charge in [0, 0.05) is 6.54 Å². The molecule has 0 saturated heterocycles. The molecular formula is C8H13NO2. The lowest BCUT2D eigenvalue weighted by Crippen LogP contribution is -2.23. The first-order chi connectivity index (χ1) is 5.29. The quantitative estimate of drug-likeness (QED) is 0.674. The summed E-state index contributed by atoms with van der Waals surface area (Å²) in [5.41, 5.74) is 0. The Morgan fingerprint density at radius 2 is 2.55 bits per heavy atom. The fourth-order valence-electron chi connectivity index (χ4n) is 0.817. The molecule has 0 radical (unpaired) electrons. The minimum absolute atomic E-state index is 0.301. The summed E-state index contributed by atoms with van der Waals surface area (Å²) in [7, 11) is 0. The molecule has 0 saturated carbocycles. The van der Waals surface area contributed by atoms with Crippen LogP contribution in [0.3, 0.4) is 0 Å². The zero-order chi connectivity index (χ0) is 8.10. The lowest BCUT2D eigenvalue weighted by atomic mass is 10.4. The van der Waals surface area contributed by atoms with E-state index in [4.69, 9.17) is 9.52 Å². The van der Waals surface area contributed by atoms with Crippen LogP contribution in [0.4, 0.5) is 0 Å². The van der Waals surface area contributed by atoms with Crippen molar-refractivity contribution in [2.75, 3.05) is 6.54 Å². The maximum absolute atomic E-state index is 8.89. The molecular weight excluding hydrogens is 142 g/mol. The van der Waals surface area contributed by atoms with E-state index < -0.39 is 0 Å². The number of aliphatic hydroxyl groups excluding tert-OH is 1. The van der Waals surface area contributed by atoms with Gasteiger partial charge in [-0.25, -0.2) is 0 Å².